The van der Waals surface area contributed by atoms with Gasteiger partial charge in [0.15, 0.2) is 0 Å². The molecule has 0 saturated carbocycles. The monoisotopic (exact) mass is 289 g/mol. The predicted molar refractivity (Wildman–Crippen MR) is 80.1 cm³/mol. The van der Waals surface area contributed by atoms with E-state index in [-0.39, 0.29) is 23.8 Å². The fraction of sp³-hybridized carbons (Fsp3) is 0.588. The van der Waals surface area contributed by atoms with Gasteiger partial charge in [-0.3, -0.25) is 4.79 Å². The zero-order chi connectivity index (χ0) is 14.7. The van der Waals surface area contributed by atoms with Crippen molar-refractivity contribution in [2.45, 2.75) is 31.6 Å². The van der Waals surface area contributed by atoms with Gasteiger partial charge in [-0.2, -0.15) is 0 Å². The van der Waals surface area contributed by atoms with E-state index in [9.17, 15) is 9.90 Å². The van der Waals surface area contributed by atoms with Crippen LogP contribution in [0.25, 0.3) is 0 Å². The Morgan fingerprint density at radius 3 is 2.86 bits per heavy atom. The second kappa shape index (κ2) is 6.16. The number of aryl methyl sites for hydroxylation is 1. The summed E-state index contributed by atoms with van der Waals surface area (Å²) in [7, 11) is 0. The summed E-state index contributed by atoms with van der Waals surface area (Å²) in [6, 6.07) is 8.19. The molecule has 4 heteroatoms. The van der Waals surface area contributed by atoms with Gasteiger partial charge in [-0.1, -0.05) is 24.3 Å². The van der Waals surface area contributed by atoms with E-state index in [1.807, 2.05) is 12.1 Å². The van der Waals surface area contributed by atoms with Gasteiger partial charge < -0.3 is 15.2 Å². The van der Waals surface area contributed by atoms with Crippen LogP contribution in [0.2, 0.25) is 0 Å². The van der Waals surface area contributed by atoms with Crippen LogP contribution in [0.1, 0.15) is 36.3 Å². The van der Waals surface area contributed by atoms with Crippen molar-refractivity contribution in [3.8, 4) is 0 Å². The summed E-state index contributed by atoms with van der Waals surface area (Å²) in [6.45, 7) is 1.99. The van der Waals surface area contributed by atoms with Crippen molar-refractivity contribution in [1.82, 2.24) is 5.32 Å². The number of hydrogen-bond donors (Lipinski definition) is 2. The van der Waals surface area contributed by atoms with Gasteiger partial charge >= 0.3 is 0 Å². The highest BCUT2D eigenvalue weighted by molar-refractivity contribution is 5.84. The molecule has 2 N–H and O–H groups in total. The molecule has 0 unspecified atom stereocenters. The fourth-order valence-corrected chi connectivity index (χ4v) is 3.42. The Hall–Kier alpha value is -1.39. The molecule has 0 spiro atoms. The minimum Gasteiger partial charge on any atom is -0.396 e. The molecule has 1 fully saturated rings. The Bertz CT molecular complexity index is 509. The minimum absolute atomic E-state index is 0.0308. The zero-order valence-electron chi connectivity index (χ0n) is 12.3. The van der Waals surface area contributed by atoms with Crippen LogP contribution in [0, 0.1) is 5.41 Å². The topological polar surface area (TPSA) is 58.6 Å². The summed E-state index contributed by atoms with van der Waals surface area (Å²) in [4.78, 5) is 12.5. The molecular weight excluding hydrogens is 266 g/mol. The first-order chi connectivity index (χ1) is 10.2. The zero-order valence-corrected chi connectivity index (χ0v) is 12.3. The molecule has 2 aliphatic rings. The lowest BCUT2D eigenvalue weighted by Gasteiger charge is -2.35. The molecule has 1 aromatic carbocycles. The van der Waals surface area contributed by atoms with Crippen LogP contribution < -0.4 is 5.32 Å². The molecule has 1 aliphatic heterocycles. The summed E-state index contributed by atoms with van der Waals surface area (Å²) in [5.41, 5.74) is 2.26. The Labute approximate surface area is 125 Å². The number of ether oxygens (including phenoxy) is 1. The number of aliphatic hydroxyl groups excluding tert-OH is 1. The SMILES string of the molecule is O=C(NCC1(CO)CCOCC1)[C@@H]1CCc2ccccc21. The van der Waals surface area contributed by atoms with Crippen LogP contribution in [0.3, 0.4) is 0 Å². The Kier molecular flexibility index (Phi) is 4.27. The Balaban J connectivity index is 1.62. The maximum atomic E-state index is 12.5. The van der Waals surface area contributed by atoms with Gasteiger partial charge in [0.2, 0.25) is 5.91 Å². The molecule has 1 heterocycles. The molecule has 1 aliphatic carbocycles. The molecule has 1 aromatic rings. The van der Waals surface area contributed by atoms with Gasteiger partial charge in [-0.05, 0) is 36.8 Å². The molecule has 1 amide bonds. The second-order valence-electron chi connectivity index (χ2n) is 6.28. The lowest BCUT2D eigenvalue weighted by Crippen LogP contribution is -2.44. The number of benzene rings is 1. The number of amides is 1. The molecule has 1 saturated heterocycles. The first-order valence-corrected chi connectivity index (χ1v) is 7.78. The van der Waals surface area contributed by atoms with Crippen LogP contribution in [-0.4, -0.2) is 37.4 Å². The number of carbonyl (C=O) groups excluding carboxylic acids is 1. The standard InChI is InChI=1S/C17H23NO3/c19-12-17(7-9-21-10-8-17)11-18-16(20)15-6-5-13-3-1-2-4-14(13)15/h1-4,15,19H,5-12H2,(H,18,20)/t15-/m1/s1. The van der Waals surface area contributed by atoms with Crippen molar-refractivity contribution in [2.75, 3.05) is 26.4 Å². The number of aliphatic hydroxyl groups is 1. The highest BCUT2D eigenvalue weighted by atomic mass is 16.5. The Morgan fingerprint density at radius 1 is 1.33 bits per heavy atom. The van der Waals surface area contributed by atoms with Crippen molar-refractivity contribution >= 4 is 5.91 Å². The van der Waals surface area contributed by atoms with Crippen molar-refractivity contribution in [3.05, 3.63) is 35.4 Å². The van der Waals surface area contributed by atoms with Crippen molar-refractivity contribution in [2.24, 2.45) is 5.41 Å². The molecular formula is C17H23NO3. The number of rotatable bonds is 4. The molecule has 0 aromatic heterocycles. The predicted octanol–water partition coefficient (Wildman–Crippen LogP) is 1.62. The summed E-state index contributed by atoms with van der Waals surface area (Å²) in [5.74, 6) is 0.0658. The quantitative estimate of drug-likeness (QED) is 0.885. The van der Waals surface area contributed by atoms with E-state index in [0.717, 1.165) is 25.7 Å². The van der Waals surface area contributed by atoms with Gasteiger partial charge in [-0.25, -0.2) is 0 Å². The number of hydrogen-bond acceptors (Lipinski definition) is 3. The maximum absolute atomic E-state index is 12.5. The van der Waals surface area contributed by atoms with Crippen LogP contribution in [-0.2, 0) is 16.0 Å². The Morgan fingerprint density at radius 2 is 2.10 bits per heavy atom. The third-order valence-electron chi connectivity index (χ3n) is 4.98. The van der Waals surface area contributed by atoms with E-state index in [1.54, 1.807) is 0 Å². The van der Waals surface area contributed by atoms with Gasteiger partial charge in [0.25, 0.3) is 0 Å². The van der Waals surface area contributed by atoms with Crippen LogP contribution in [0.5, 0.6) is 0 Å². The van der Waals surface area contributed by atoms with Crippen LogP contribution in [0.4, 0.5) is 0 Å². The highest BCUT2D eigenvalue weighted by Crippen LogP contribution is 2.34. The maximum Gasteiger partial charge on any atom is 0.227 e. The smallest absolute Gasteiger partial charge is 0.227 e. The average Bonchev–Trinajstić information content (AvgIpc) is 2.98. The van der Waals surface area contributed by atoms with E-state index in [2.05, 4.69) is 17.4 Å². The number of nitrogens with one attached hydrogen (secondary N) is 1. The van der Waals surface area contributed by atoms with Crippen LogP contribution >= 0.6 is 0 Å². The largest absolute Gasteiger partial charge is 0.396 e. The fourth-order valence-electron chi connectivity index (χ4n) is 3.42. The highest BCUT2D eigenvalue weighted by Gasteiger charge is 2.34. The van der Waals surface area contributed by atoms with E-state index in [0.29, 0.717) is 19.8 Å². The first kappa shape index (κ1) is 14.5. The van der Waals surface area contributed by atoms with E-state index in [4.69, 9.17) is 4.74 Å². The van der Waals surface area contributed by atoms with Crippen LogP contribution in [0.15, 0.2) is 24.3 Å². The molecule has 114 valence electrons. The van der Waals surface area contributed by atoms with Gasteiger partial charge in [0.05, 0.1) is 12.5 Å². The molecule has 21 heavy (non-hydrogen) atoms. The van der Waals surface area contributed by atoms with Gasteiger partial charge in [0.1, 0.15) is 0 Å². The number of carbonyl (C=O) groups is 1. The second-order valence-corrected chi connectivity index (χ2v) is 6.28. The summed E-state index contributed by atoms with van der Waals surface area (Å²) in [5, 5.41) is 12.7. The average molecular weight is 289 g/mol. The molecule has 0 radical (unpaired) electrons. The van der Waals surface area contributed by atoms with Crippen molar-refractivity contribution < 1.29 is 14.6 Å². The van der Waals surface area contributed by atoms with E-state index < -0.39 is 0 Å². The summed E-state index contributed by atoms with van der Waals surface area (Å²) >= 11 is 0. The molecule has 3 rings (SSSR count). The lowest BCUT2D eigenvalue weighted by molar-refractivity contribution is -0.123. The first-order valence-electron chi connectivity index (χ1n) is 7.78. The van der Waals surface area contributed by atoms with Crippen molar-refractivity contribution in [1.29, 1.82) is 0 Å². The summed E-state index contributed by atoms with van der Waals surface area (Å²) < 4.78 is 5.36. The normalized spacial score (nSPS) is 23.6. The van der Waals surface area contributed by atoms with E-state index >= 15 is 0 Å². The van der Waals surface area contributed by atoms with E-state index in [1.165, 1.54) is 11.1 Å². The molecule has 0 bridgehead atoms. The molecule has 1 atom stereocenters. The lowest BCUT2D eigenvalue weighted by atomic mass is 9.81. The number of fused-ring (bicyclic) bond motifs is 1. The summed E-state index contributed by atoms with van der Waals surface area (Å²) in [6.07, 6.45) is 3.49. The van der Waals surface area contributed by atoms with Gasteiger partial charge in [-0.15, -0.1) is 0 Å². The van der Waals surface area contributed by atoms with Gasteiger partial charge in [0, 0.05) is 25.2 Å². The third kappa shape index (κ3) is 2.97. The van der Waals surface area contributed by atoms with Crippen molar-refractivity contribution in [3.63, 3.8) is 0 Å². The minimum atomic E-state index is -0.202. The molecule has 4 nitrogen and oxygen atoms in total. The third-order valence-corrected chi connectivity index (χ3v) is 4.98.